The molecule has 0 rings (SSSR count). The number of carboxylic acid groups (broad SMARTS) is 2. The topological polar surface area (TPSA) is 337 Å². The summed E-state index contributed by atoms with van der Waals surface area (Å²) in [4.78, 5) is 129. The van der Waals surface area contributed by atoms with E-state index >= 15 is 0 Å². The number of ketones is 4. The maximum Gasteiger partial charge on any atom is 0.326 e. The van der Waals surface area contributed by atoms with E-state index in [2.05, 4.69) is 33.1 Å². The van der Waals surface area contributed by atoms with Gasteiger partial charge in [0, 0.05) is 68.6 Å². The van der Waals surface area contributed by atoms with Crippen LogP contribution in [-0.4, -0.2) is 113 Å². The van der Waals surface area contributed by atoms with Gasteiger partial charge in [-0.15, -0.1) is 24.7 Å². The van der Waals surface area contributed by atoms with Crippen LogP contribution in [0.15, 0.2) is 0 Å². The Balaban J connectivity index is 5.93. The van der Waals surface area contributed by atoms with E-state index < -0.39 is 113 Å². The van der Waals surface area contributed by atoms with Crippen molar-refractivity contribution in [3.8, 4) is 24.7 Å². The van der Waals surface area contributed by atoms with Gasteiger partial charge < -0.3 is 48.7 Å². The molecule has 0 saturated carbocycles. The Labute approximate surface area is 389 Å². The van der Waals surface area contributed by atoms with Crippen molar-refractivity contribution in [2.45, 2.75) is 161 Å². The fourth-order valence-corrected chi connectivity index (χ4v) is 6.95. The molecule has 0 bridgehead atoms. The molecular formula is C47H75N7O12. The molecule has 0 aliphatic carbocycles. The van der Waals surface area contributed by atoms with Crippen molar-refractivity contribution in [3.63, 3.8) is 0 Å². The number of terminal acetylenes is 2. The molecule has 0 aromatic carbocycles. The molecule has 0 heterocycles. The number of aliphatic carboxylic acids is 2. The third kappa shape index (κ3) is 24.7. The molecular weight excluding hydrogens is 855 g/mol. The number of Topliss-reactive ketones (excluding diaryl/α,β-unsaturated/α-hetero) is 4. The molecule has 12 N–H and O–H groups in total. The number of carbonyl (C=O) groups excluding carboxylic acids is 8. The van der Waals surface area contributed by atoms with E-state index in [9.17, 15) is 53.1 Å². The van der Waals surface area contributed by atoms with E-state index in [0.717, 1.165) is 0 Å². The van der Waals surface area contributed by atoms with Crippen molar-refractivity contribution < 1.29 is 58.2 Å². The molecule has 66 heavy (non-hydrogen) atoms. The average Bonchev–Trinajstić information content (AvgIpc) is 3.26. The second-order valence-electron chi connectivity index (χ2n) is 17.1. The predicted molar refractivity (Wildman–Crippen MR) is 246 cm³/mol. The first-order chi connectivity index (χ1) is 31.2. The number of nitrogens with two attached hydrogens (primary N) is 3. The Morgan fingerprint density at radius 2 is 0.909 bits per heavy atom. The van der Waals surface area contributed by atoms with Crippen molar-refractivity contribution in [1.82, 2.24) is 21.3 Å². The van der Waals surface area contributed by atoms with E-state index in [1.807, 2.05) is 0 Å². The summed E-state index contributed by atoms with van der Waals surface area (Å²) in [7, 11) is 0. The fourth-order valence-electron chi connectivity index (χ4n) is 6.95. The van der Waals surface area contributed by atoms with Gasteiger partial charge in [0.25, 0.3) is 0 Å². The summed E-state index contributed by atoms with van der Waals surface area (Å²) in [5.74, 6) is -6.56. The maximum absolute atomic E-state index is 13.7. The second kappa shape index (κ2) is 33.9. The molecule has 19 nitrogen and oxygen atoms in total. The summed E-state index contributed by atoms with van der Waals surface area (Å²) >= 11 is 0. The molecule has 0 aliphatic rings. The number of hydrogen-bond donors (Lipinski definition) is 9. The van der Waals surface area contributed by atoms with Crippen LogP contribution in [0.4, 0.5) is 0 Å². The minimum atomic E-state index is -1.23. The number of carboxylic acids is 2. The van der Waals surface area contributed by atoms with Crippen LogP contribution < -0.4 is 38.5 Å². The van der Waals surface area contributed by atoms with Gasteiger partial charge in [0.2, 0.25) is 23.6 Å². The SMILES string of the molecule is C#CC[C@H](CC(=O)[C@H](CCCCN)NC(=O)[C@H](C)CC(=O)[C@@H](C)CCC(=O)O)C(=O)N[C@@H](C)C(=O)C[C@@H](CCCCN)C(=O)N[C@@H](CC#C)C(=O)C[C@@H](C)C(=O)N[C@@H](CCCCN)C(=O)O. The van der Waals surface area contributed by atoms with E-state index in [1.54, 1.807) is 6.92 Å². The summed E-state index contributed by atoms with van der Waals surface area (Å²) in [6, 6.07) is -4.60. The highest BCUT2D eigenvalue weighted by Crippen LogP contribution is 2.20. The van der Waals surface area contributed by atoms with Crippen molar-refractivity contribution in [3.05, 3.63) is 0 Å². The third-order valence-corrected chi connectivity index (χ3v) is 11.3. The van der Waals surface area contributed by atoms with E-state index in [1.165, 1.54) is 20.8 Å². The Hall–Kier alpha value is -5.50. The number of rotatable bonds is 38. The minimum Gasteiger partial charge on any atom is -0.481 e. The number of unbranched alkanes of at least 4 members (excludes halogenated alkanes) is 3. The van der Waals surface area contributed by atoms with Gasteiger partial charge in [-0.2, -0.15) is 0 Å². The van der Waals surface area contributed by atoms with Gasteiger partial charge in [-0.25, -0.2) is 4.79 Å². The van der Waals surface area contributed by atoms with E-state index in [-0.39, 0.29) is 70.0 Å². The Morgan fingerprint density at radius 1 is 0.470 bits per heavy atom. The maximum atomic E-state index is 13.7. The van der Waals surface area contributed by atoms with Gasteiger partial charge in [0.05, 0.1) is 24.0 Å². The summed E-state index contributed by atoms with van der Waals surface area (Å²) in [6.07, 6.45) is 12.9. The predicted octanol–water partition coefficient (Wildman–Crippen LogP) is 1.31. The van der Waals surface area contributed by atoms with E-state index in [0.29, 0.717) is 58.2 Å². The quantitative estimate of drug-likeness (QED) is 0.0311. The largest absolute Gasteiger partial charge is 0.481 e. The van der Waals surface area contributed by atoms with Crippen molar-refractivity contribution >= 4 is 58.7 Å². The lowest BCUT2D eigenvalue weighted by molar-refractivity contribution is -0.143. The Kier molecular flexibility index (Phi) is 31.1. The number of nitrogens with one attached hydrogen (secondary N) is 4. The van der Waals surface area contributed by atoms with Crippen LogP contribution >= 0.6 is 0 Å². The van der Waals surface area contributed by atoms with Gasteiger partial charge in [-0.05, 0) is 84.3 Å². The van der Waals surface area contributed by atoms with Crippen molar-refractivity contribution in [1.29, 1.82) is 0 Å². The highest BCUT2D eigenvalue weighted by atomic mass is 16.4. The van der Waals surface area contributed by atoms with Gasteiger partial charge in [-0.3, -0.25) is 43.2 Å². The lowest BCUT2D eigenvalue weighted by atomic mass is 9.90. The molecule has 0 fully saturated rings. The highest BCUT2D eigenvalue weighted by molar-refractivity contribution is 5.97. The zero-order valence-electron chi connectivity index (χ0n) is 39.2. The van der Waals surface area contributed by atoms with Crippen molar-refractivity contribution in [2.75, 3.05) is 19.6 Å². The summed E-state index contributed by atoms with van der Waals surface area (Å²) in [5, 5.41) is 28.8. The summed E-state index contributed by atoms with van der Waals surface area (Å²) < 4.78 is 0. The van der Waals surface area contributed by atoms with Crippen LogP contribution in [-0.2, 0) is 47.9 Å². The first kappa shape index (κ1) is 60.5. The Bertz CT molecular complexity index is 1720. The zero-order chi connectivity index (χ0) is 50.4. The van der Waals surface area contributed by atoms with Gasteiger partial charge >= 0.3 is 11.9 Å². The monoisotopic (exact) mass is 930 g/mol. The molecule has 0 spiro atoms. The lowest BCUT2D eigenvalue weighted by Gasteiger charge is -2.24. The molecule has 4 amide bonds. The molecule has 0 aromatic rings. The summed E-state index contributed by atoms with van der Waals surface area (Å²) in [6.45, 7) is 6.96. The molecule has 0 unspecified atom stereocenters. The highest BCUT2D eigenvalue weighted by Gasteiger charge is 2.33. The Morgan fingerprint density at radius 3 is 1.41 bits per heavy atom. The van der Waals surface area contributed by atoms with Gasteiger partial charge in [0.1, 0.15) is 11.8 Å². The molecule has 370 valence electrons. The molecule has 9 atom stereocenters. The molecule has 0 aliphatic heterocycles. The zero-order valence-corrected chi connectivity index (χ0v) is 39.2. The minimum absolute atomic E-state index is 0.118. The van der Waals surface area contributed by atoms with Crippen molar-refractivity contribution in [2.24, 2.45) is 46.8 Å². The number of amides is 4. The van der Waals surface area contributed by atoms with Crippen LogP contribution in [0.25, 0.3) is 0 Å². The standard InChI is InChI=1S/C47H75N7O12/c1-7-15-33(28-41(58)36(18-10-13-23-49)52-43(61)30(4)25-38(55)29(3)20-21-42(59)60)45(63)51-32(6)39(56)27-34(17-9-12-22-48)46(64)53-35(16-8-2)40(57)26-31(5)44(62)54-37(47(65)66)19-11-14-24-50/h1-2,29-37H,9-28,48-50H2,3-6H3,(H,51,63)(H,52,61)(H,53,64)(H,54,62)(H,59,60)(H,65,66)/t29-,30+,31+,32-,33+,34+,35-,36-,37-/m0/s1. The molecule has 0 radical (unpaired) electrons. The number of hydrogen-bond acceptors (Lipinski definition) is 13. The van der Waals surface area contributed by atoms with Crippen LogP contribution in [0.2, 0.25) is 0 Å². The smallest absolute Gasteiger partial charge is 0.326 e. The number of carbonyl (C=O) groups is 10. The lowest BCUT2D eigenvalue weighted by Crippen LogP contribution is -2.48. The third-order valence-electron chi connectivity index (χ3n) is 11.3. The first-order valence-electron chi connectivity index (χ1n) is 22.9. The van der Waals surface area contributed by atoms with Gasteiger partial charge in [0.15, 0.2) is 17.3 Å². The van der Waals surface area contributed by atoms with Gasteiger partial charge in [-0.1, -0.05) is 27.2 Å². The van der Waals surface area contributed by atoms with E-state index in [4.69, 9.17) is 35.2 Å². The molecule has 0 aromatic heterocycles. The van der Waals surface area contributed by atoms with Crippen LogP contribution in [0.5, 0.6) is 0 Å². The second-order valence-corrected chi connectivity index (χ2v) is 17.1. The normalized spacial score (nSPS) is 15.0. The molecule has 0 saturated heterocycles. The molecule has 19 heteroatoms. The van der Waals surface area contributed by atoms with Crippen LogP contribution in [0.3, 0.4) is 0 Å². The summed E-state index contributed by atoms with van der Waals surface area (Å²) in [5.41, 5.74) is 16.8. The van der Waals surface area contributed by atoms with Crippen LogP contribution in [0.1, 0.15) is 137 Å². The fraction of sp³-hybridized carbons (Fsp3) is 0.702. The average molecular weight is 930 g/mol. The van der Waals surface area contributed by atoms with Crippen LogP contribution in [0, 0.1) is 54.3 Å². The first-order valence-corrected chi connectivity index (χ1v) is 22.9.